The number of benzene rings is 1. The van der Waals surface area contributed by atoms with Crippen molar-refractivity contribution >= 4 is 29.0 Å². The van der Waals surface area contributed by atoms with Crippen molar-refractivity contribution in [2.45, 2.75) is 5.88 Å². The van der Waals surface area contributed by atoms with Crippen molar-refractivity contribution in [3.63, 3.8) is 0 Å². The van der Waals surface area contributed by atoms with Crippen molar-refractivity contribution in [2.24, 2.45) is 0 Å². The predicted molar refractivity (Wildman–Crippen MR) is 45.9 cm³/mol. The van der Waals surface area contributed by atoms with Crippen LogP contribution in [0.4, 0.5) is 0 Å². The maximum absolute atomic E-state index is 5.53. The molecule has 0 aliphatic carbocycles. The van der Waals surface area contributed by atoms with Gasteiger partial charge in [0.15, 0.2) is 17.4 Å². The minimum absolute atomic E-state index is 0. The van der Waals surface area contributed by atoms with Crippen LogP contribution in [-0.4, -0.2) is 17.4 Å². The number of hydrogen-bond acceptors (Lipinski definition) is 0. The number of hydrogen-bond donors (Lipinski definition) is 0. The van der Waals surface area contributed by atoms with Gasteiger partial charge in [-0.1, -0.05) is 30.3 Å². The molecule has 48 valence electrons. The zero-order chi connectivity index (χ0) is 5.82. The van der Waals surface area contributed by atoms with Gasteiger partial charge in [-0.25, -0.2) is 0 Å². The van der Waals surface area contributed by atoms with Gasteiger partial charge in [-0.2, -0.15) is 0 Å². The third-order valence-corrected chi connectivity index (χ3v) is 1.31. The normalized spacial score (nSPS) is 8.11. The second kappa shape index (κ2) is 4.88. The molecule has 0 aromatic heterocycles. The maximum Gasteiger partial charge on any atom is 0.187 e. The molecule has 0 saturated heterocycles. The lowest BCUT2D eigenvalue weighted by Gasteiger charge is -1.88. The molecular weight excluding hydrogens is 147 g/mol. The highest BCUT2D eigenvalue weighted by molar-refractivity contribution is 6.17. The molecular formula is C7H10AlCl. The third kappa shape index (κ3) is 2.91. The average molecular weight is 157 g/mol. The quantitative estimate of drug-likeness (QED) is 0.424. The monoisotopic (exact) mass is 156 g/mol. The molecule has 0 N–H and O–H groups in total. The Balaban J connectivity index is 0.000000640. The van der Waals surface area contributed by atoms with Crippen LogP contribution in [0.1, 0.15) is 5.56 Å². The SMILES string of the molecule is ClCc1ccccc1.[AlH3]. The summed E-state index contributed by atoms with van der Waals surface area (Å²) in [5, 5.41) is 0. The van der Waals surface area contributed by atoms with E-state index in [-0.39, 0.29) is 17.4 Å². The first-order chi connectivity index (χ1) is 3.93. The highest BCUT2D eigenvalue weighted by atomic mass is 35.5. The minimum atomic E-state index is 0. The second-order valence-electron chi connectivity index (χ2n) is 1.62. The van der Waals surface area contributed by atoms with Gasteiger partial charge >= 0.3 is 0 Å². The van der Waals surface area contributed by atoms with Crippen molar-refractivity contribution in [3.8, 4) is 0 Å². The van der Waals surface area contributed by atoms with Gasteiger partial charge in [0, 0.05) is 5.88 Å². The Hall–Kier alpha value is 0.0425. The van der Waals surface area contributed by atoms with E-state index in [1.807, 2.05) is 30.3 Å². The van der Waals surface area contributed by atoms with E-state index in [0.717, 1.165) is 0 Å². The van der Waals surface area contributed by atoms with Crippen molar-refractivity contribution < 1.29 is 0 Å². The van der Waals surface area contributed by atoms with Crippen LogP contribution in [0, 0.1) is 0 Å². The number of alkyl halides is 1. The van der Waals surface area contributed by atoms with E-state index in [0.29, 0.717) is 5.88 Å². The van der Waals surface area contributed by atoms with Gasteiger partial charge in [0.25, 0.3) is 0 Å². The zero-order valence-corrected chi connectivity index (χ0v) is 5.23. The first-order valence-electron chi connectivity index (χ1n) is 2.53. The van der Waals surface area contributed by atoms with Crippen LogP contribution in [0.3, 0.4) is 0 Å². The molecule has 1 aromatic rings. The van der Waals surface area contributed by atoms with E-state index in [1.54, 1.807) is 0 Å². The summed E-state index contributed by atoms with van der Waals surface area (Å²) < 4.78 is 0. The molecule has 1 aromatic carbocycles. The second-order valence-corrected chi connectivity index (χ2v) is 1.89. The summed E-state index contributed by atoms with van der Waals surface area (Å²) in [6, 6.07) is 9.96. The Labute approximate surface area is 71.0 Å². The van der Waals surface area contributed by atoms with Crippen LogP contribution in [-0.2, 0) is 5.88 Å². The Morgan fingerprint density at radius 3 is 2.00 bits per heavy atom. The lowest BCUT2D eigenvalue weighted by Crippen LogP contribution is -1.71. The third-order valence-electron chi connectivity index (χ3n) is 0.997. The first kappa shape index (κ1) is 9.04. The Morgan fingerprint density at radius 1 is 1.11 bits per heavy atom. The van der Waals surface area contributed by atoms with Gasteiger partial charge in [0.05, 0.1) is 0 Å². The van der Waals surface area contributed by atoms with Crippen molar-refractivity contribution in [2.75, 3.05) is 0 Å². The predicted octanol–water partition coefficient (Wildman–Crippen LogP) is 1.24. The molecule has 0 fully saturated rings. The molecule has 0 nitrogen and oxygen atoms in total. The standard InChI is InChI=1S/C7H7Cl.Al.3H/c8-6-7-4-2-1-3-5-7;;;;/h1-5H,6H2;;;;. The van der Waals surface area contributed by atoms with Crippen molar-refractivity contribution in [1.29, 1.82) is 0 Å². The largest absolute Gasteiger partial charge is 0.187 e. The van der Waals surface area contributed by atoms with Crippen LogP contribution in [0.2, 0.25) is 0 Å². The van der Waals surface area contributed by atoms with Crippen LogP contribution >= 0.6 is 11.6 Å². The van der Waals surface area contributed by atoms with E-state index in [9.17, 15) is 0 Å². The molecule has 0 aliphatic rings. The lowest BCUT2D eigenvalue weighted by atomic mass is 10.2. The van der Waals surface area contributed by atoms with Gasteiger partial charge in [-0.3, -0.25) is 0 Å². The lowest BCUT2D eigenvalue weighted by molar-refractivity contribution is 1.41. The van der Waals surface area contributed by atoms with Crippen LogP contribution in [0.25, 0.3) is 0 Å². The highest BCUT2D eigenvalue weighted by Crippen LogP contribution is 2.00. The smallest absolute Gasteiger partial charge is 0.122 e. The zero-order valence-electron chi connectivity index (χ0n) is 4.47. The van der Waals surface area contributed by atoms with Crippen LogP contribution < -0.4 is 0 Å². The van der Waals surface area contributed by atoms with E-state index in [1.165, 1.54) is 5.56 Å². The minimum Gasteiger partial charge on any atom is -0.122 e. The Morgan fingerprint density at radius 2 is 1.67 bits per heavy atom. The molecule has 0 unspecified atom stereocenters. The van der Waals surface area contributed by atoms with Crippen LogP contribution in [0.15, 0.2) is 30.3 Å². The van der Waals surface area contributed by atoms with Gasteiger partial charge in [-0.05, 0) is 5.56 Å². The fourth-order valence-corrected chi connectivity index (χ4v) is 0.745. The Bertz CT molecular complexity index is 150. The Kier molecular flexibility index (Phi) is 4.90. The fraction of sp³-hybridized carbons (Fsp3) is 0.143. The van der Waals surface area contributed by atoms with Crippen LogP contribution in [0.5, 0.6) is 0 Å². The van der Waals surface area contributed by atoms with Gasteiger partial charge in [0.1, 0.15) is 0 Å². The van der Waals surface area contributed by atoms with Crippen molar-refractivity contribution in [1.82, 2.24) is 0 Å². The molecule has 0 aliphatic heterocycles. The summed E-state index contributed by atoms with van der Waals surface area (Å²) in [6.45, 7) is 0. The molecule has 0 spiro atoms. The highest BCUT2D eigenvalue weighted by Gasteiger charge is 1.81. The van der Waals surface area contributed by atoms with Gasteiger partial charge in [0.2, 0.25) is 0 Å². The maximum atomic E-state index is 5.53. The molecule has 0 heterocycles. The topological polar surface area (TPSA) is 0 Å². The summed E-state index contributed by atoms with van der Waals surface area (Å²) in [7, 11) is 0. The number of halogens is 1. The summed E-state index contributed by atoms with van der Waals surface area (Å²) in [4.78, 5) is 0. The molecule has 0 bridgehead atoms. The summed E-state index contributed by atoms with van der Waals surface area (Å²) >= 11 is 5.53. The van der Waals surface area contributed by atoms with E-state index < -0.39 is 0 Å². The van der Waals surface area contributed by atoms with E-state index in [2.05, 4.69) is 0 Å². The van der Waals surface area contributed by atoms with Gasteiger partial charge in [-0.15, -0.1) is 11.6 Å². The molecule has 0 saturated carbocycles. The van der Waals surface area contributed by atoms with E-state index >= 15 is 0 Å². The van der Waals surface area contributed by atoms with Crippen molar-refractivity contribution in [3.05, 3.63) is 35.9 Å². The molecule has 0 atom stereocenters. The molecule has 0 radical (unpaired) electrons. The molecule has 2 heteroatoms. The molecule has 9 heavy (non-hydrogen) atoms. The number of rotatable bonds is 1. The first-order valence-corrected chi connectivity index (χ1v) is 3.07. The van der Waals surface area contributed by atoms with E-state index in [4.69, 9.17) is 11.6 Å². The van der Waals surface area contributed by atoms with Gasteiger partial charge < -0.3 is 0 Å². The summed E-state index contributed by atoms with van der Waals surface area (Å²) in [5.41, 5.74) is 1.18. The summed E-state index contributed by atoms with van der Waals surface area (Å²) in [5.74, 6) is 0.612. The molecule has 1 rings (SSSR count). The molecule has 0 amide bonds. The summed E-state index contributed by atoms with van der Waals surface area (Å²) in [6.07, 6.45) is 0. The fourth-order valence-electron chi connectivity index (χ4n) is 0.567. The average Bonchev–Trinajstić information content (AvgIpc) is 1.90.